The normalized spacial score (nSPS) is 15.7. The van der Waals surface area contributed by atoms with Crippen LogP contribution in [0.1, 0.15) is 163 Å². The summed E-state index contributed by atoms with van der Waals surface area (Å²) in [7, 11) is 0. The molecule has 6 aromatic carbocycles. The molecular weight excluding hydrogens is 976 g/mol. The van der Waals surface area contributed by atoms with Gasteiger partial charge in [-0.1, -0.05) is 211 Å². The highest BCUT2D eigenvalue weighted by Crippen LogP contribution is 2.43. The van der Waals surface area contributed by atoms with Crippen molar-refractivity contribution in [2.75, 3.05) is 38.6 Å². The number of nitrogens with zero attached hydrogens (tertiary/aromatic N) is 1. The van der Waals surface area contributed by atoms with Crippen LogP contribution in [0.2, 0.25) is 0 Å². The number of ether oxygens (including phenoxy) is 2. The molecule has 0 saturated carbocycles. The smallest absolute Gasteiger partial charge is 0.303 e. The highest BCUT2D eigenvalue weighted by atomic mass is 35.5. The topological polar surface area (TPSA) is 108 Å². The molecule has 2 heterocycles. The first kappa shape index (κ1) is 60.6. The molecule has 2 atom stereocenters. The van der Waals surface area contributed by atoms with Crippen molar-refractivity contribution in [3.8, 4) is 0 Å². The molecule has 9 heteroatoms. The summed E-state index contributed by atoms with van der Waals surface area (Å²) in [4.78, 5) is 25.5. The molecule has 412 valence electrons. The van der Waals surface area contributed by atoms with Crippen LogP contribution >= 0.6 is 11.6 Å². The number of esters is 2. The quantitative estimate of drug-likeness (QED) is 0.0612. The average molecular weight is 1060 g/mol. The van der Waals surface area contributed by atoms with Crippen molar-refractivity contribution in [3.05, 3.63) is 214 Å². The summed E-state index contributed by atoms with van der Waals surface area (Å²) in [6.45, 7) is 20.9. The van der Waals surface area contributed by atoms with Crippen molar-refractivity contribution >= 4 is 23.5 Å². The fraction of sp³-hybridized carbons (Fsp3) is 0.441. The van der Waals surface area contributed by atoms with E-state index in [0.717, 1.165) is 117 Å². The van der Waals surface area contributed by atoms with Crippen molar-refractivity contribution in [2.45, 2.75) is 141 Å². The van der Waals surface area contributed by atoms with Crippen LogP contribution in [0.25, 0.3) is 0 Å². The number of piperidine rings is 2. The van der Waals surface area contributed by atoms with Crippen molar-refractivity contribution in [1.82, 2.24) is 10.2 Å². The Labute approximate surface area is 466 Å². The highest BCUT2D eigenvalue weighted by Gasteiger charge is 2.42. The van der Waals surface area contributed by atoms with Gasteiger partial charge in [-0.2, -0.15) is 0 Å². The third kappa shape index (κ3) is 17.2. The number of hydrogen-bond acceptors (Lipinski definition) is 8. The van der Waals surface area contributed by atoms with E-state index in [9.17, 15) is 19.8 Å². The van der Waals surface area contributed by atoms with Crippen LogP contribution in [-0.4, -0.2) is 65.7 Å². The number of rotatable bonds is 17. The van der Waals surface area contributed by atoms with Crippen LogP contribution in [-0.2, 0) is 41.1 Å². The van der Waals surface area contributed by atoms with E-state index in [2.05, 4.69) is 88.2 Å². The van der Waals surface area contributed by atoms with Gasteiger partial charge in [0.15, 0.2) is 0 Å². The van der Waals surface area contributed by atoms with Gasteiger partial charge in [0.05, 0.1) is 0 Å². The minimum Gasteiger partial charge on any atom is -0.458 e. The molecule has 77 heavy (non-hydrogen) atoms. The first-order valence-electron chi connectivity index (χ1n) is 28.0. The zero-order chi connectivity index (χ0) is 55.5. The molecule has 2 saturated heterocycles. The van der Waals surface area contributed by atoms with Gasteiger partial charge >= 0.3 is 11.9 Å². The summed E-state index contributed by atoms with van der Waals surface area (Å²) < 4.78 is 11.1. The molecule has 0 aromatic heterocycles. The van der Waals surface area contributed by atoms with Crippen LogP contribution in [0.3, 0.4) is 0 Å². The Morgan fingerprint density at radius 3 is 1.14 bits per heavy atom. The van der Waals surface area contributed by atoms with Crippen LogP contribution in [0.15, 0.2) is 170 Å². The summed E-state index contributed by atoms with van der Waals surface area (Å²) in [6, 6.07) is 57.2. The summed E-state index contributed by atoms with van der Waals surface area (Å²) in [5, 5.41) is 27.1. The maximum absolute atomic E-state index is 12.1. The number of nitrogens with one attached hydrogen (secondary N) is 1. The van der Waals surface area contributed by atoms with Crippen LogP contribution in [0, 0.1) is 11.8 Å². The van der Waals surface area contributed by atoms with Gasteiger partial charge in [-0.15, -0.1) is 11.6 Å². The maximum Gasteiger partial charge on any atom is 0.303 e. The number of carbonyl (C=O) groups is 2. The van der Waals surface area contributed by atoms with E-state index in [-0.39, 0.29) is 46.8 Å². The number of hydrogen-bond donors (Lipinski definition) is 3. The van der Waals surface area contributed by atoms with Gasteiger partial charge in [0, 0.05) is 19.7 Å². The largest absolute Gasteiger partial charge is 0.458 e. The predicted octanol–water partition coefficient (Wildman–Crippen LogP) is 14.5. The van der Waals surface area contributed by atoms with Gasteiger partial charge in [0.25, 0.3) is 0 Å². The molecule has 3 N–H and O–H groups in total. The number of aliphatic hydroxyl groups is 2. The van der Waals surface area contributed by atoms with Crippen LogP contribution in [0.5, 0.6) is 0 Å². The van der Waals surface area contributed by atoms with Crippen LogP contribution < -0.4 is 5.32 Å². The van der Waals surface area contributed by atoms with E-state index in [0.29, 0.717) is 5.88 Å². The Kier molecular flexibility index (Phi) is 22.7. The van der Waals surface area contributed by atoms with Gasteiger partial charge < -0.3 is 29.9 Å². The van der Waals surface area contributed by atoms with E-state index >= 15 is 0 Å². The predicted molar refractivity (Wildman–Crippen MR) is 315 cm³/mol. The molecule has 0 spiro atoms. The molecule has 6 aromatic rings. The molecular formula is C68H87ClN2O6. The standard InChI is InChI=1S/C34H43NO3.C18H21NO.C16H23ClO2/c1-26(36)38-32(27-17-19-28(20-18-27)33(2,3)4)16-11-23-35-24-21-31(22-25-35)34(37,29-12-7-5-8-13-29)30-14-9-6-10-15-30;20-18(15-7-3-1-4-8-15,16-9-5-2-6-10-16)17-11-13-19-14-12-17;1-12(18)19-15(6-5-11-17)13-7-9-14(10-8-13)16(2,3)4/h5-10,12-15,17-20,31-32,37H,11,16,21-25H2,1-4H3;1-10,17,19-20H,11-14H2;7-10,15H,5-6,11H2,1-4H3/t32-;;15-/m1.1/s1. The molecule has 0 bridgehead atoms. The third-order valence-electron chi connectivity index (χ3n) is 15.4. The minimum absolute atomic E-state index is 0.0920. The molecule has 2 aliphatic heterocycles. The zero-order valence-electron chi connectivity index (χ0n) is 47.2. The van der Waals surface area contributed by atoms with E-state index < -0.39 is 11.2 Å². The molecule has 8 nitrogen and oxygen atoms in total. The zero-order valence-corrected chi connectivity index (χ0v) is 48.0. The Bertz CT molecular complexity index is 2560. The van der Waals surface area contributed by atoms with Crippen molar-refractivity contribution in [2.24, 2.45) is 11.8 Å². The number of benzene rings is 6. The Morgan fingerprint density at radius 1 is 0.506 bits per heavy atom. The molecule has 0 amide bonds. The van der Waals surface area contributed by atoms with Gasteiger partial charge in [-0.3, -0.25) is 9.59 Å². The summed E-state index contributed by atoms with van der Waals surface area (Å²) >= 11 is 5.71. The van der Waals surface area contributed by atoms with E-state index in [4.69, 9.17) is 21.1 Å². The maximum atomic E-state index is 12.1. The van der Waals surface area contributed by atoms with E-state index in [1.807, 2.05) is 133 Å². The fourth-order valence-corrected chi connectivity index (χ4v) is 11.2. The second-order valence-corrected chi connectivity index (χ2v) is 23.4. The monoisotopic (exact) mass is 1060 g/mol. The first-order chi connectivity index (χ1) is 36.8. The Hall–Kier alpha value is -5.61. The molecule has 0 unspecified atom stereocenters. The van der Waals surface area contributed by atoms with Gasteiger partial charge in [-0.25, -0.2) is 0 Å². The highest BCUT2D eigenvalue weighted by molar-refractivity contribution is 6.17. The van der Waals surface area contributed by atoms with Gasteiger partial charge in [0.1, 0.15) is 23.4 Å². The lowest BCUT2D eigenvalue weighted by molar-refractivity contribution is -0.148. The number of halogens is 1. The van der Waals surface area contributed by atoms with Gasteiger partial charge in [-0.05, 0) is 151 Å². The van der Waals surface area contributed by atoms with Crippen molar-refractivity contribution < 1.29 is 29.3 Å². The summed E-state index contributed by atoms with van der Waals surface area (Å²) in [5.74, 6) is 0.501. The second-order valence-electron chi connectivity index (χ2n) is 23.1. The van der Waals surface area contributed by atoms with Crippen molar-refractivity contribution in [1.29, 1.82) is 0 Å². The Balaban J connectivity index is 0.000000207. The lowest BCUT2D eigenvalue weighted by Crippen LogP contribution is -2.44. The number of carbonyl (C=O) groups excluding carboxylic acids is 2. The minimum atomic E-state index is -0.992. The second kappa shape index (κ2) is 28.8. The van der Waals surface area contributed by atoms with Crippen molar-refractivity contribution in [3.63, 3.8) is 0 Å². The average Bonchev–Trinajstić information content (AvgIpc) is 3.46. The SMILES string of the molecule is CC(=O)O[C@H](CCCCl)c1ccc(C(C)(C)C)cc1.CC(=O)O[C@H](CCCN1CCC(C(O)(c2ccccc2)c2ccccc2)CC1)c1ccc(C(C)(C)C)cc1.OC(c1ccccc1)(c1ccccc1)C1CCNCC1. The molecule has 0 radical (unpaired) electrons. The number of alkyl halides is 1. The third-order valence-corrected chi connectivity index (χ3v) is 15.7. The lowest BCUT2D eigenvalue weighted by Gasteiger charge is -2.42. The molecule has 2 fully saturated rings. The summed E-state index contributed by atoms with van der Waals surface area (Å²) in [5.41, 5.74) is 6.91. The van der Waals surface area contributed by atoms with Crippen LogP contribution in [0.4, 0.5) is 0 Å². The lowest BCUT2D eigenvalue weighted by atomic mass is 9.72. The summed E-state index contributed by atoms with van der Waals surface area (Å²) in [6.07, 6.45) is 6.80. The number of likely N-dealkylation sites (tertiary alicyclic amines) is 1. The van der Waals surface area contributed by atoms with Gasteiger partial charge in [0.2, 0.25) is 0 Å². The first-order valence-corrected chi connectivity index (χ1v) is 28.6. The molecule has 0 aliphatic carbocycles. The fourth-order valence-electron chi connectivity index (χ4n) is 11.0. The molecule has 8 rings (SSSR count). The van der Waals surface area contributed by atoms with E-state index in [1.54, 1.807) is 0 Å². The van der Waals surface area contributed by atoms with E-state index in [1.165, 1.54) is 25.0 Å². The molecule has 2 aliphatic rings. The Morgan fingerprint density at radius 2 is 0.831 bits per heavy atom.